The summed E-state index contributed by atoms with van der Waals surface area (Å²) in [6.45, 7) is 2.09. The Morgan fingerprint density at radius 2 is 2.55 bits per heavy atom. The summed E-state index contributed by atoms with van der Waals surface area (Å²) in [6.07, 6.45) is 7.05. The minimum absolute atomic E-state index is 0.000772. The van der Waals surface area contributed by atoms with Gasteiger partial charge in [-0.1, -0.05) is 30.7 Å². The van der Waals surface area contributed by atoms with Crippen molar-refractivity contribution in [3.63, 3.8) is 0 Å². The van der Waals surface area contributed by atoms with Crippen LogP contribution in [0.5, 0.6) is 0 Å². The van der Waals surface area contributed by atoms with Crippen molar-refractivity contribution < 1.29 is 4.79 Å². The van der Waals surface area contributed by atoms with Crippen LogP contribution in [0.3, 0.4) is 0 Å². The molecule has 0 aromatic rings. The second-order valence-electron chi connectivity index (χ2n) is 3.41. The zero-order chi connectivity index (χ0) is 8.06. The first-order valence-electron chi connectivity index (χ1n) is 3.73. The van der Waals surface area contributed by atoms with Crippen LogP contribution >= 0.6 is 11.6 Å². The van der Waals surface area contributed by atoms with E-state index in [0.29, 0.717) is 0 Å². The van der Waals surface area contributed by atoms with E-state index in [1.807, 2.05) is 12.2 Å². The van der Waals surface area contributed by atoms with Gasteiger partial charge in [-0.15, -0.1) is 0 Å². The Bertz CT molecular complexity index is 277. The van der Waals surface area contributed by atoms with Crippen molar-refractivity contribution in [1.29, 1.82) is 0 Å². The number of rotatable bonds is 1. The second-order valence-corrected chi connectivity index (χ2v) is 3.78. The Hall–Kier alpha value is -0.560. The van der Waals surface area contributed by atoms with Crippen molar-refractivity contribution in [2.24, 2.45) is 11.3 Å². The van der Waals surface area contributed by atoms with Crippen molar-refractivity contribution in [3.05, 3.63) is 23.8 Å². The first-order chi connectivity index (χ1) is 5.16. The molecule has 2 atom stereocenters. The van der Waals surface area contributed by atoms with E-state index < -0.39 is 0 Å². The number of hydrogen-bond donors (Lipinski definition) is 0. The largest absolute Gasteiger partial charge is 0.281 e. The number of halogens is 1. The Morgan fingerprint density at radius 1 is 1.82 bits per heavy atom. The molecule has 0 aromatic carbocycles. The molecule has 2 unspecified atom stereocenters. The Kier molecular flexibility index (Phi) is 1.28. The van der Waals surface area contributed by atoms with Gasteiger partial charge in [-0.2, -0.15) is 0 Å². The minimum Gasteiger partial charge on any atom is -0.281 e. The fourth-order valence-corrected chi connectivity index (χ4v) is 2.25. The lowest BCUT2D eigenvalue weighted by molar-refractivity contribution is -0.113. The van der Waals surface area contributed by atoms with Gasteiger partial charge in [-0.25, -0.2) is 0 Å². The number of fused-ring (bicyclic) bond motifs is 1. The van der Waals surface area contributed by atoms with Gasteiger partial charge in [-0.3, -0.25) is 4.79 Å². The van der Waals surface area contributed by atoms with Crippen molar-refractivity contribution in [2.45, 2.75) is 13.3 Å². The molecule has 58 valence electrons. The van der Waals surface area contributed by atoms with Crippen LogP contribution in [-0.2, 0) is 4.79 Å². The van der Waals surface area contributed by atoms with E-state index in [1.54, 1.807) is 0 Å². The molecule has 1 saturated carbocycles. The molecule has 1 fully saturated rings. The number of hydrogen-bond acceptors (Lipinski definition) is 1. The molecule has 0 bridgehead atoms. The van der Waals surface area contributed by atoms with Crippen LogP contribution in [0.25, 0.3) is 0 Å². The molecule has 0 aromatic heterocycles. The summed E-state index contributed by atoms with van der Waals surface area (Å²) >= 11 is 5.43. The fourth-order valence-electron chi connectivity index (χ4n) is 1.89. The Labute approximate surface area is 70.7 Å². The Balaban J connectivity index is 2.30. The molecule has 0 spiro atoms. The predicted molar refractivity (Wildman–Crippen MR) is 44.3 cm³/mol. The van der Waals surface area contributed by atoms with Crippen LogP contribution in [0.1, 0.15) is 13.3 Å². The third kappa shape index (κ3) is 0.807. The van der Waals surface area contributed by atoms with Crippen LogP contribution < -0.4 is 0 Å². The van der Waals surface area contributed by atoms with Crippen LogP contribution in [0.4, 0.5) is 0 Å². The Morgan fingerprint density at radius 3 is 3.00 bits per heavy atom. The SMILES string of the molecule is CC12CC=CC=C1C2C(=O)Cl. The quantitative estimate of drug-likeness (QED) is 0.549. The normalized spacial score (nSPS) is 39.5. The highest BCUT2D eigenvalue weighted by atomic mass is 35.5. The highest BCUT2D eigenvalue weighted by Crippen LogP contribution is 2.62. The van der Waals surface area contributed by atoms with Gasteiger partial charge in [0.25, 0.3) is 0 Å². The van der Waals surface area contributed by atoms with Gasteiger partial charge in [0.2, 0.25) is 5.24 Å². The van der Waals surface area contributed by atoms with Crippen LogP contribution in [0.15, 0.2) is 23.8 Å². The average Bonchev–Trinajstić information content (AvgIpc) is 2.54. The van der Waals surface area contributed by atoms with E-state index in [9.17, 15) is 4.79 Å². The summed E-state index contributed by atoms with van der Waals surface area (Å²) in [4.78, 5) is 10.9. The second kappa shape index (κ2) is 1.98. The molecule has 0 amide bonds. The van der Waals surface area contributed by atoms with Gasteiger partial charge < -0.3 is 0 Å². The molecule has 2 aliphatic carbocycles. The van der Waals surface area contributed by atoms with Gasteiger partial charge in [-0.05, 0) is 18.0 Å². The fraction of sp³-hybridized carbons (Fsp3) is 0.444. The van der Waals surface area contributed by atoms with E-state index in [0.717, 1.165) is 6.42 Å². The lowest BCUT2D eigenvalue weighted by Crippen LogP contribution is -2.01. The predicted octanol–water partition coefficient (Wildman–Crippen LogP) is 2.27. The summed E-state index contributed by atoms with van der Waals surface area (Å²) < 4.78 is 0. The van der Waals surface area contributed by atoms with E-state index >= 15 is 0 Å². The van der Waals surface area contributed by atoms with Gasteiger partial charge in [0, 0.05) is 5.41 Å². The smallest absolute Gasteiger partial charge is 0.229 e. The average molecular weight is 169 g/mol. The lowest BCUT2D eigenvalue weighted by atomic mass is 9.99. The standard InChI is InChI=1S/C9H9ClO/c1-9-5-3-2-4-6(9)7(9)8(10)11/h2-4,7H,5H2,1H3. The molecule has 11 heavy (non-hydrogen) atoms. The first kappa shape index (κ1) is 7.11. The highest BCUT2D eigenvalue weighted by Gasteiger charge is 2.58. The number of carbonyl (C=O) groups excluding carboxylic acids is 1. The molecule has 0 aliphatic heterocycles. The summed E-state index contributed by atoms with van der Waals surface area (Å²) in [5.41, 5.74) is 1.29. The molecule has 0 saturated heterocycles. The number of allylic oxidation sites excluding steroid dienone is 4. The van der Waals surface area contributed by atoms with E-state index in [2.05, 4.69) is 13.0 Å². The van der Waals surface area contributed by atoms with Gasteiger partial charge in [0.05, 0.1) is 5.92 Å². The maximum absolute atomic E-state index is 10.9. The van der Waals surface area contributed by atoms with Crippen molar-refractivity contribution in [3.8, 4) is 0 Å². The maximum Gasteiger partial charge on any atom is 0.229 e. The molecule has 0 radical (unpaired) electrons. The molecule has 0 N–H and O–H groups in total. The van der Waals surface area contributed by atoms with Crippen LogP contribution in [-0.4, -0.2) is 5.24 Å². The number of carbonyl (C=O) groups is 1. The summed E-state index contributed by atoms with van der Waals surface area (Å²) in [5, 5.41) is -0.206. The van der Waals surface area contributed by atoms with Crippen LogP contribution in [0.2, 0.25) is 0 Å². The summed E-state index contributed by atoms with van der Waals surface area (Å²) in [6, 6.07) is 0. The lowest BCUT2D eigenvalue weighted by Gasteiger charge is -2.05. The van der Waals surface area contributed by atoms with E-state index in [-0.39, 0.29) is 16.6 Å². The molecule has 2 heteroatoms. The van der Waals surface area contributed by atoms with Gasteiger partial charge in [0.15, 0.2) is 0 Å². The van der Waals surface area contributed by atoms with Crippen molar-refractivity contribution in [2.75, 3.05) is 0 Å². The summed E-state index contributed by atoms with van der Waals surface area (Å²) in [5.74, 6) is -0.000772. The maximum atomic E-state index is 10.9. The highest BCUT2D eigenvalue weighted by molar-refractivity contribution is 6.65. The van der Waals surface area contributed by atoms with Gasteiger partial charge >= 0.3 is 0 Å². The monoisotopic (exact) mass is 168 g/mol. The molecular weight excluding hydrogens is 160 g/mol. The molecule has 2 aliphatic rings. The third-order valence-corrected chi connectivity index (χ3v) is 2.92. The third-order valence-electron chi connectivity index (χ3n) is 2.70. The van der Waals surface area contributed by atoms with Gasteiger partial charge in [0.1, 0.15) is 0 Å². The molecule has 0 heterocycles. The van der Waals surface area contributed by atoms with E-state index in [4.69, 9.17) is 11.6 Å². The minimum atomic E-state index is -0.206. The zero-order valence-corrected chi connectivity index (χ0v) is 7.06. The topological polar surface area (TPSA) is 17.1 Å². The zero-order valence-electron chi connectivity index (χ0n) is 6.30. The van der Waals surface area contributed by atoms with Crippen molar-refractivity contribution in [1.82, 2.24) is 0 Å². The van der Waals surface area contributed by atoms with Crippen LogP contribution in [0, 0.1) is 11.3 Å². The van der Waals surface area contributed by atoms with E-state index in [1.165, 1.54) is 5.57 Å². The molecular formula is C9H9ClO. The summed E-state index contributed by atoms with van der Waals surface area (Å²) in [7, 11) is 0. The van der Waals surface area contributed by atoms with Crippen molar-refractivity contribution >= 4 is 16.8 Å². The first-order valence-corrected chi connectivity index (χ1v) is 4.10. The molecule has 1 nitrogen and oxygen atoms in total. The molecule has 2 rings (SSSR count).